The number of nitrogens with two attached hydrogens (primary N) is 1. The molecule has 1 heterocycles. The number of aromatic amines is 1. The lowest BCUT2D eigenvalue weighted by Gasteiger charge is -2.23. The number of aromatic nitrogens is 2. The molecule has 0 saturated heterocycles. The summed E-state index contributed by atoms with van der Waals surface area (Å²) in [5, 5.41) is 0. The summed E-state index contributed by atoms with van der Waals surface area (Å²) in [4.78, 5) is 43.0. The van der Waals surface area contributed by atoms with Crippen LogP contribution in [0.3, 0.4) is 0 Å². The Hall–Kier alpha value is -3.85. The standard InChI is InChI=1S/C23H27N5O4/c1-26(13-17-9-11-18(32-3)12-10-17)15-19(29)27(2)20-21(24)28(23(31)25-22(20)30)14-16-7-5-4-6-8-16/h4-12H,13-15,24H2,1-3H3,(H,25,30,31). The van der Waals surface area contributed by atoms with E-state index in [0.717, 1.165) is 16.9 Å². The summed E-state index contributed by atoms with van der Waals surface area (Å²) in [6.45, 7) is 0.761. The Kier molecular flexibility index (Phi) is 7.11. The lowest BCUT2D eigenvalue weighted by Crippen LogP contribution is -2.42. The van der Waals surface area contributed by atoms with Crippen molar-refractivity contribution < 1.29 is 9.53 Å². The van der Waals surface area contributed by atoms with Crippen LogP contribution >= 0.6 is 0 Å². The molecule has 9 heteroatoms. The van der Waals surface area contributed by atoms with Gasteiger partial charge in [-0.1, -0.05) is 42.5 Å². The van der Waals surface area contributed by atoms with Crippen molar-refractivity contribution in [1.82, 2.24) is 14.5 Å². The number of benzene rings is 2. The van der Waals surface area contributed by atoms with Crippen LogP contribution in [0.15, 0.2) is 64.2 Å². The molecule has 0 aliphatic rings. The van der Waals surface area contributed by atoms with E-state index >= 15 is 0 Å². The molecule has 3 aromatic rings. The molecular weight excluding hydrogens is 410 g/mol. The number of amides is 1. The van der Waals surface area contributed by atoms with Gasteiger partial charge in [-0.3, -0.25) is 24.0 Å². The van der Waals surface area contributed by atoms with Crippen LogP contribution in [0.2, 0.25) is 0 Å². The van der Waals surface area contributed by atoms with Gasteiger partial charge in [-0.15, -0.1) is 0 Å². The molecule has 1 amide bonds. The molecule has 1 aromatic heterocycles. The summed E-state index contributed by atoms with van der Waals surface area (Å²) in [5.74, 6) is 0.368. The summed E-state index contributed by atoms with van der Waals surface area (Å²) >= 11 is 0. The minimum absolute atomic E-state index is 0.0524. The number of nitrogen functional groups attached to an aromatic ring is 1. The molecule has 0 atom stereocenters. The highest BCUT2D eigenvalue weighted by atomic mass is 16.5. The quantitative estimate of drug-likeness (QED) is 0.549. The Labute approximate surface area is 185 Å². The number of carbonyl (C=O) groups excluding carboxylic acids is 1. The number of hydrogen-bond acceptors (Lipinski definition) is 6. The van der Waals surface area contributed by atoms with Crippen LogP contribution < -0.4 is 26.6 Å². The summed E-state index contributed by atoms with van der Waals surface area (Å²) < 4.78 is 6.40. The van der Waals surface area contributed by atoms with E-state index in [1.807, 2.05) is 59.5 Å². The van der Waals surface area contributed by atoms with Crippen LogP contribution in [0.5, 0.6) is 5.75 Å². The van der Waals surface area contributed by atoms with E-state index in [2.05, 4.69) is 4.98 Å². The zero-order valence-electron chi connectivity index (χ0n) is 18.4. The van der Waals surface area contributed by atoms with Crippen LogP contribution in [0.1, 0.15) is 11.1 Å². The van der Waals surface area contributed by atoms with Crippen molar-refractivity contribution in [3.63, 3.8) is 0 Å². The van der Waals surface area contributed by atoms with E-state index in [1.54, 1.807) is 14.2 Å². The maximum atomic E-state index is 12.9. The number of nitrogens with one attached hydrogen (secondary N) is 1. The predicted molar refractivity (Wildman–Crippen MR) is 124 cm³/mol. The number of carbonyl (C=O) groups is 1. The van der Waals surface area contributed by atoms with E-state index in [0.29, 0.717) is 6.54 Å². The van der Waals surface area contributed by atoms with E-state index in [1.165, 1.54) is 16.5 Å². The third kappa shape index (κ3) is 5.25. The molecule has 2 aromatic carbocycles. The number of methoxy groups -OCH3 is 1. The molecular formula is C23H27N5O4. The highest BCUT2D eigenvalue weighted by Gasteiger charge is 2.22. The van der Waals surface area contributed by atoms with Crippen molar-refractivity contribution in [2.24, 2.45) is 0 Å². The lowest BCUT2D eigenvalue weighted by molar-refractivity contribution is -0.119. The first kappa shape index (κ1) is 22.8. The van der Waals surface area contributed by atoms with Gasteiger partial charge in [-0.2, -0.15) is 0 Å². The number of anilines is 2. The lowest BCUT2D eigenvalue weighted by atomic mass is 10.2. The van der Waals surface area contributed by atoms with E-state index in [9.17, 15) is 14.4 Å². The van der Waals surface area contributed by atoms with Crippen molar-refractivity contribution in [2.45, 2.75) is 13.1 Å². The van der Waals surface area contributed by atoms with Gasteiger partial charge in [0.25, 0.3) is 5.56 Å². The van der Waals surface area contributed by atoms with Crippen LogP contribution in [0, 0.1) is 0 Å². The fourth-order valence-corrected chi connectivity index (χ4v) is 3.38. The Morgan fingerprint density at radius 3 is 2.31 bits per heavy atom. The summed E-state index contributed by atoms with van der Waals surface area (Å²) in [5.41, 5.74) is 6.65. The van der Waals surface area contributed by atoms with Gasteiger partial charge >= 0.3 is 5.69 Å². The average Bonchev–Trinajstić information content (AvgIpc) is 2.77. The first-order valence-corrected chi connectivity index (χ1v) is 10.0. The summed E-state index contributed by atoms with van der Waals surface area (Å²) in [6, 6.07) is 16.8. The highest BCUT2D eigenvalue weighted by Crippen LogP contribution is 2.17. The van der Waals surface area contributed by atoms with Gasteiger partial charge < -0.3 is 15.4 Å². The molecule has 0 unspecified atom stereocenters. The number of likely N-dealkylation sites (N-methyl/N-ethyl adjacent to an activating group) is 2. The van der Waals surface area contributed by atoms with Crippen molar-refractivity contribution in [2.75, 3.05) is 38.4 Å². The second-order valence-corrected chi connectivity index (χ2v) is 7.54. The minimum atomic E-state index is -0.703. The molecule has 0 aliphatic carbocycles. The van der Waals surface area contributed by atoms with Crippen molar-refractivity contribution in [3.8, 4) is 5.75 Å². The molecule has 3 rings (SSSR count). The Balaban J connectivity index is 1.77. The molecule has 0 spiro atoms. The zero-order chi connectivity index (χ0) is 23.3. The minimum Gasteiger partial charge on any atom is -0.497 e. The van der Waals surface area contributed by atoms with Gasteiger partial charge in [0.1, 0.15) is 11.6 Å². The molecule has 0 fully saturated rings. The van der Waals surface area contributed by atoms with Crippen LogP contribution in [-0.2, 0) is 17.9 Å². The molecule has 0 radical (unpaired) electrons. The molecule has 0 aliphatic heterocycles. The predicted octanol–water partition coefficient (Wildman–Crippen LogP) is 1.27. The Morgan fingerprint density at radius 1 is 1.03 bits per heavy atom. The SMILES string of the molecule is COc1ccc(CN(C)CC(=O)N(C)c2c(N)n(Cc3ccccc3)c(=O)[nH]c2=O)cc1. The number of nitrogens with zero attached hydrogens (tertiary/aromatic N) is 3. The van der Waals surface area contributed by atoms with Crippen LogP contribution in [0.25, 0.3) is 0 Å². The topological polar surface area (TPSA) is 114 Å². The average molecular weight is 438 g/mol. The number of ether oxygens (including phenoxy) is 1. The van der Waals surface area contributed by atoms with E-state index in [4.69, 9.17) is 10.5 Å². The van der Waals surface area contributed by atoms with Crippen molar-refractivity contribution >= 4 is 17.4 Å². The Bertz CT molecular complexity index is 1190. The summed E-state index contributed by atoms with van der Waals surface area (Å²) in [6.07, 6.45) is 0. The number of hydrogen-bond donors (Lipinski definition) is 2. The first-order chi connectivity index (χ1) is 15.3. The van der Waals surface area contributed by atoms with Crippen LogP contribution in [0.4, 0.5) is 11.5 Å². The maximum absolute atomic E-state index is 12.9. The summed E-state index contributed by atoms with van der Waals surface area (Å²) in [7, 11) is 4.88. The normalized spacial score (nSPS) is 10.9. The number of rotatable bonds is 8. The second kappa shape index (κ2) is 9.97. The Morgan fingerprint density at radius 2 is 1.69 bits per heavy atom. The second-order valence-electron chi connectivity index (χ2n) is 7.54. The van der Waals surface area contributed by atoms with Crippen molar-refractivity contribution in [3.05, 3.63) is 86.6 Å². The van der Waals surface area contributed by atoms with E-state index in [-0.39, 0.29) is 30.5 Å². The fraction of sp³-hybridized carbons (Fsp3) is 0.261. The first-order valence-electron chi connectivity index (χ1n) is 10.0. The van der Waals surface area contributed by atoms with Crippen LogP contribution in [-0.4, -0.2) is 48.1 Å². The maximum Gasteiger partial charge on any atom is 0.330 e. The van der Waals surface area contributed by atoms with Gasteiger partial charge in [-0.25, -0.2) is 4.79 Å². The van der Waals surface area contributed by atoms with Gasteiger partial charge in [0.05, 0.1) is 20.2 Å². The molecule has 32 heavy (non-hydrogen) atoms. The molecule has 168 valence electrons. The molecule has 3 N–H and O–H groups in total. The highest BCUT2D eigenvalue weighted by molar-refractivity contribution is 5.96. The van der Waals surface area contributed by atoms with Gasteiger partial charge in [0, 0.05) is 13.6 Å². The largest absolute Gasteiger partial charge is 0.497 e. The van der Waals surface area contributed by atoms with Gasteiger partial charge in [-0.05, 0) is 30.3 Å². The third-order valence-corrected chi connectivity index (χ3v) is 5.12. The van der Waals surface area contributed by atoms with Gasteiger partial charge in [0.2, 0.25) is 5.91 Å². The smallest absolute Gasteiger partial charge is 0.330 e. The number of H-pyrrole nitrogens is 1. The molecule has 9 nitrogen and oxygen atoms in total. The van der Waals surface area contributed by atoms with Gasteiger partial charge in [0.15, 0.2) is 5.69 Å². The zero-order valence-corrected chi connectivity index (χ0v) is 18.4. The third-order valence-electron chi connectivity index (χ3n) is 5.12. The van der Waals surface area contributed by atoms with Crippen molar-refractivity contribution in [1.29, 1.82) is 0 Å². The molecule has 0 bridgehead atoms. The fourth-order valence-electron chi connectivity index (χ4n) is 3.38. The molecule has 0 saturated carbocycles. The van der Waals surface area contributed by atoms with E-state index < -0.39 is 11.2 Å². The monoisotopic (exact) mass is 437 g/mol.